The second-order valence-corrected chi connectivity index (χ2v) is 7.39. The van der Waals surface area contributed by atoms with Gasteiger partial charge in [0.05, 0.1) is 6.54 Å². The molecule has 1 saturated heterocycles. The number of benzene rings is 1. The van der Waals surface area contributed by atoms with Crippen LogP contribution in [0.1, 0.15) is 28.8 Å². The molecule has 3 heterocycles. The lowest BCUT2D eigenvalue weighted by atomic mass is 9.90. The quantitative estimate of drug-likeness (QED) is 0.710. The van der Waals surface area contributed by atoms with Gasteiger partial charge in [-0.1, -0.05) is 24.3 Å². The van der Waals surface area contributed by atoms with Crippen LogP contribution in [0.2, 0.25) is 0 Å². The Morgan fingerprint density at radius 2 is 1.89 bits per heavy atom. The van der Waals surface area contributed by atoms with Crippen molar-refractivity contribution in [1.82, 2.24) is 20.3 Å². The van der Waals surface area contributed by atoms with Gasteiger partial charge in [-0.05, 0) is 28.8 Å². The summed E-state index contributed by atoms with van der Waals surface area (Å²) in [5, 5.41) is 3.38. The number of hydroxylamine groups is 2. The number of fused-ring (bicyclic) bond motifs is 4. The van der Waals surface area contributed by atoms with Crippen LogP contribution in [0.4, 0.5) is 4.79 Å². The highest BCUT2D eigenvalue weighted by atomic mass is 32.3. The molecule has 2 bridgehead atoms. The Morgan fingerprint density at radius 1 is 1.21 bits per heavy atom. The predicted octanol–water partition coefficient (Wildman–Crippen LogP) is 0.966. The fourth-order valence-electron chi connectivity index (χ4n) is 3.52. The molecule has 10 nitrogen and oxygen atoms in total. The first-order valence-electron chi connectivity index (χ1n) is 8.37. The number of nitrogens with one attached hydrogen (secondary N) is 1. The normalized spacial score (nSPS) is 20.8. The van der Waals surface area contributed by atoms with Crippen molar-refractivity contribution in [3.63, 3.8) is 0 Å². The van der Waals surface area contributed by atoms with E-state index in [-0.39, 0.29) is 13.1 Å². The minimum Gasteiger partial charge on any atom is -0.350 e. The number of amides is 3. The second-order valence-electron chi connectivity index (χ2n) is 6.38. The molecule has 4 rings (SSSR count). The molecule has 0 aliphatic carbocycles. The van der Waals surface area contributed by atoms with E-state index in [1.165, 1.54) is 4.90 Å². The Morgan fingerprint density at radius 3 is 2.57 bits per heavy atom. The zero-order valence-electron chi connectivity index (χ0n) is 14.4. The van der Waals surface area contributed by atoms with Crippen molar-refractivity contribution >= 4 is 22.3 Å². The smallest absolute Gasteiger partial charge is 0.350 e. The van der Waals surface area contributed by atoms with Gasteiger partial charge < -0.3 is 10.2 Å². The van der Waals surface area contributed by atoms with E-state index < -0.39 is 34.4 Å². The van der Waals surface area contributed by atoms with Gasteiger partial charge >= 0.3 is 16.4 Å². The molecule has 0 saturated carbocycles. The van der Waals surface area contributed by atoms with Gasteiger partial charge in [0.15, 0.2) is 0 Å². The molecule has 28 heavy (non-hydrogen) atoms. The van der Waals surface area contributed by atoms with Crippen molar-refractivity contribution in [2.45, 2.75) is 18.6 Å². The molecule has 0 radical (unpaired) electrons. The van der Waals surface area contributed by atoms with Crippen LogP contribution in [0.3, 0.4) is 0 Å². The molecule has 2 atom stereocenters. The summed E-state index contributed by atoms with van der Waals surface area (Å²) in [5.74, 6) is -0.412. The van der Waals surface area contributed by atoms with Crippen molar-refractivity contribution in [3.8, 4) is 0 Å². The van der Waals surface area contributed by atoms with Gasteiger partial charge in [0.1, 0.15) is 12.1 Å². The predicted molar refractivity (Wildman–Crippen MR) is 94.6 cm³/mol. The average Bonchev–Trinajstić information content (AvgIpc) is 2.93. The summed E-state index contributed by atoms with van der Waals surface area (Å²) in [6.45, 7) is 0.301. The molecule has 1 aromatic carbocycles. The molecule has 2 aliphatic rings. The van der Waals surface area contributed by atoms with Gasteiger partial charge in [0.25, 0.3) is 0 Å². The third-order valence-electron chi connectivity index (χ3n) is 4.69. The molecule has 1 fully saturated rings. The molecule has 0 spiro atoms. The summed E-state index contributed by atoms with van der Waals surface area (Å²) in [4.78, 5) is 30.7. The lowest BCUT2D eigenvalue weighted by Gasteiger charge is -2.31. The maximum atomic E-state index is 12.9. The maximum Gasteiger partial charge on any atom is 0.418 e. The zero-order valence-corrected chi connectivity index (χ0v) is 15.2. The molecule has 2 N–H and O–H groups in total. The Balaban J connectivity index is 1.64. The maximum absolute atomic E-state index is 12.9. The summed E-state index contributed by atoms with van der Waals surface area (Å²) in [7, 11) is -4.89. The van der Waals surface area contributed by atoms with Crippen molar-refractivity contribution < 1.29 is 26.8 Å². The highest BCUT2D eigenvalue weighted by Crippen LogP contribution is 2.44. The fourth-order valence-corrected chi connectivity index (χ4v) is 3.90. The summed E-state index contributed by atoms with van der Waals surface area (Å²) >= 11 is 0. The Bertz CT molecular complexity index is 1030. The van der Waals surface area contributed by atoms with Crippen molar-refractivity contribution in [2.75, 3.05) is 6.54 Å². The summed E-state index contributed by atoms with van der Waals surface area (Å²) < 4.78 is 35.8. The largest absolute Gasteiger partial charge is 0.418 e. The first-order chi connectivity index (χ1) is 13.3. The average molecular weight is 404 g/mol. The van der Waals surface area contributed by atoms with E-state index in [0.717, 1.165) is 5.56 Å². The Kier molecular flexibility index (Phi) is 4.49. The molecule has 2 aromatic rings. The Labute approximate surface area is 160 Å². The van der Waals surface area contributed by atoms with Crippen molar-refractivity contribution in [1.29, 1.82) is 0 Å². The van der Waals surface area contributed by atoms with Crippen LogP contribution < -0.4 is 5.32 Å². The second kappa shape index (κ2) is 6.86. The number of aromatic nitrogens is 1. The molecule has 146 valence electrons. The van der Waals surface area contributed by atoms with Gasteiger partial charge in [-0.3, -0.25) is 14.3 Å². The first kappa shape index (κ1) is 18.3. The van der Waals surface area contributed by atoms with E-state index in [4.69, 9.17) is 4.55 Å². The third kappa shape index (κ3) is 3.30. The van der Waals surface area contributed by atoms with Gasteiger partial charge in [0, 0.05) is 18.9 Å². The van der Waals surface area contributed by atoms with E-state index >= 15 is 0 Å². The number of urea groups is 1. The summed E-state index contributed by atoms with van der Waals surface area (Å²) in [5.41, 5.74) is 1.99. The monoisotopic (exact) mass is 404 g/mol. The van der Waals surface area contributed by atoms with Crippen LogP contribution >= 0.6 is 0 Å². The minimum atomic E-state index is -4.89. The van der Waals surface area contributed by atoms with Crippen LogP contribution in [0.5, 0.6) is 0 Å². The number of hydrogen-bond acceptors (Lipinski definition) is 6. The number of nitrogens with zero attached hydrogens (tertiary/aromatic N) is 3. The SMILES string of the molecule is O=C(NCc1ccncc1)C1c2ccccc2C2CN1C(=O)N2OS(=O)(=O)O. The molecule has 1 aromatic heterocycles. The number of carbonyl (C=O) groups is 2. The van der Waals surface area contributed by atoms with Gasteiger partial charge in [-0.15, -0.1) is 4.28 Å². The fraction of sp³-hybridized carbons (Fsp3) is 0.235. The van der Waals surface area contributed by atoms with Crippen LogP contribution in [-0.4, -0.2) is 46.4 Å². The van der Waals surface area contributed by atoms with Gasteiger partial charge in [-0.2, -0.15) is 13.5 Å². The highest BCUT2D eigenvalue weighted by molar-refractivity contribution is 7.80. The molecule has 2 unspecified atom stereocenters. The highest BCUT2D eigenvalue weighted by Gasteiger charge is 2.51. The van der Waals surface area contributed by atoms with E-state index in [0.29, 0.717) is 16.2 Å². The lowest BCUT2D eigenvalue weighted by Crippen LogP contribution is -2.43. The number of hydrogen-bond donors (Lipinski definition) is 2. The minimum absolute atomic E-state index is 0.0543. The summed E-state index contributed by atoms with van der Waals surface area (Å²) in [6, 6.07) is 7.84. The van der Waals surface area contributed by atoms with Crippen LogP contribution in [-0.2, 0) is 26.0 Å². The van der Waals surface area contributed by atoms with E-state index in [9.17, 15) is 18.0 Å². The molecule has 11 heteroatoms. The molecular weight excluding hydrogens is 388 g/mol. The number of pyridine rings is 1. The van der Waals surface area contributed by atoms with Crippen molar-refractivity contribution in [3.05, 3.63) is 65.5 Å². The van der Waals surface area contributed by atoms with Crippen LogP contribution in [0, 0.1) is 0 Å². The zero-order chi connectivity index (χ0) is 19.9. The van der Waals surface area contributed by atoms with Gasteiger partial charge in [0.2, 0.25) is 5.91 Å². The molecular formula is C17H16N4O6S. The van der Waals surface area contributed by atoms with E-state index in [2.05, 4.69) is 14.6 Å². The van der Waals surface area contributed by atoms with Gasteiger partial charge in [-0.25, -0.2) is 4.79 Å². The molecule has 3 amide bonds. The van der Waals surface area contributed by atoms with E-state index in [1.807, 2.05) is 0 Å². The third-order valence-corrected chi connectivity index (χ3v) is 5.04. The number of carbonyl (C=O) groups excluding carboxylic acids is 2. The topological polar surface area (TPSA) is 129 Å². The van der Waals surface area contributed by atoms with E-state index in [1.54, 1.807) is 48.8 Å². The lowest BCUT2D eigenvalue weighted by molar-refractivity contribution is -0.125. The first-order valence-corrected chi connectivity index (χ1v) is 9.74. The molecule has 2 aliphatic heterocycles. The van der Waals surface area contributed by atoms with Crippen LogP contribution in [0.15, 0.2) is 48.8 Å². The number of rotatable bonds is 5. The Hall–Kier alpha value is -3.02. The summed E-state index contributed by atoms with van der Waals surface area (Å²) in [6.07, 6.45) is 3.22. The standard InChI is InChI=1S/C17H16N4O6S/c22-16(19-9-11-5-7-18-8-6-11)15-13-4-2-1-3-12(13)14-10-20(15)17(23)21(14)27-28(24,25)26/h1-8,14-15H,9-10H2,(H,19,22)(H,24,25,26). The van der Waals surface area contributed by atoms with Crippen LogP contribution in [0.25, 0.3) is 0 Å². The van der Waals surface area contributed by atoms with Crippen molar-refractivity contribution in [2.24, 2.45) is 0 Å².